The monoisotopic (exact) mass is 524 g/mol. The van der Waals surface area contributed by atoms with E-state index in [0.29, 0.717) is 12.6 Å². The summed E-state index contributed by atoms with van der Waals surface area (Å²) in [5.74, 6) is 2.93. The minimum atomic E-state index is 0.482. The predicted molar refractivity (Wildman–Crippen MR) is 157 cm³/mol. The van der Waals surface area contributed by atoms with Crippen LogP contribution in [0.5, 0.6) is 5.75 Å². The number of benzene rings is 2. The standard InChI is InChI=1S/C30H36N8O/c1-22-10-9-11-23(2)27(22)39-19-18-38-21-24(25-12-3-4-13-26(25)38)20-31-35-28-32-29(36-14-5-6-15-36)34-30(33-28)37-16-7-8-17-37/h3-4,9-13,20-21H,5-8,14-19H2,1-2H3,(H,32,33,34,35)/b31-20+. The number of nitrogens with one attached hydrogen (secondary N) is 1. The van der Waals surface area contributed by atoms with E-state index in [1.807, 2.05) is 6.21 Å². The van der Waals surface area contributed by atoms with Gasteiger partial charge in [0.1, 0.15) is 12.4 Å². The van der Waals surface area contributed by atoms with Crippen LogP contribution in [-0.4, -0.2) is 58.5 Å². The zero-order valence-corrected chi connectivity index (χ0v) is 22.8. The number of hydrogen-bond donors (Lipinski definition) is 1. The molecule has 2 aliphatic heterocycles. The summed E-state index contributed by atoms with van der Waals surface area (Å²) in [6.45, 7) is 9.44. The summed E-state index contributed by atoms with van der Waals surface area (Å²) in [5.41, 5.74) is 7.58. The van der Waals surface area contributed by atoms with Crippen molar-refractivity contribution in [2.45, 2.75) is 46.1 Å². The Bertz CT molecular complexity index is 1410. The number of rotatable bonds is 9. The van der Waals surface area contributed by atoms with Gasteiger partial charge in [0.15, 0.2) is 0 Å². The third-order valence-corrected chi connectivity index (χ3v) is 7.56. The summed E-state index contributed by atoms with van der Waals surface area (Å²) in [5, 5.41) is 5.69. The van der Waals surface area contributed by atoms with Gasteiger partial charge in [0.2, 0.25) is 17.8 Å². The number of anilines is 3. The number of nitrogens with zero attached hydrogens (tertiary/aromatic N) is 7. The van der Waals surface area contributed by atoms with Crippen molar-refractivity contribution in [2.24, 2.45) is 5.10 Å². The highest BCUT2D eigenvalue weighted by atomic mass is 16.5. The molecule has 2 fully saturated rings. The van der Waals surface area contributed by atoms with Gasteiger partial charge in [-0.1, -0.05) is 36.4 Å². The molecule has 0 spiro atoms. The average Bonchev–Trinajstić information content (AvgIpc) is 3.73. The van der Waals surface area contributed by atoms with Crippen LogP contribution in [0.3, 0.4) is 0 Å². The Kier molecular flexibility index (Phi) is 7.29. The Morgan fingerprint density at radius 2 is 1.49 bits per heavy atom. The van der Waals surface area contributed by atoms with Crippen molar-refractivity contribution in [1.82, 2.24) is 19.5 Å². The molecule has 0 amide bonds. The second kappa shape index (κ2) is 11.3. The maximum absolute atomic E-state index is 6.18. The first kappa shape index (κ1) is 25.2. The van der Waals surface area contributed by atoms with Gasteiger partial charge in [-0.3, -0.25) is 0 Å². The molecule has 9 heteroatoms. The minimum absolute atomic E-state index is 0.482. The Hall–Kier alpha value is -4.14. The first-order valence-electron chi connectivity index (χ1n) is 14.0. The number of hydrogen-bond acceptors (Lipinski definition) is 8. The lowest BCUT2D eigenvalue weighted by molar-refractivity contribution is 0.296. The Labute approximate surface area is 229 Å². The second-order valence-electron chi connectivity index (χ2n) is 10.4. The van der Waals surface area contributed by atoms with Gasteiger partial charge in [0, 0.05) is 48.8 Å². The highest BCUT2D eigenvalue weighted by Crippen LogP contribution is 2.25. The molecule has 0 radical (unpaired) electrons. The molecular weight excluding hydrogens is 488 g/mol. The lowest BCUT2D eigenvalue weighted by atomic mass is 10.1. The number of ether oxygens (including phenoxy) is 1. The molecule has 0 atom stereocenters. The third kappa shape index (κ3) is 5.53. The predicted octanol–water partition coefficient (Wildman–Crippen LogP) is 5.17. The molecule has 2 saturated heterocycles. The lowest BCUT2D eigenvalue weighted by Gasteiger charge is -2.20. The molecule has 39 heavy (non-hydrogen) atoms. The van der Waals surface area contributed by atoms with Crippen LogP contribution in [0, 0.1) is 13.8 Å². The molecule has 6 rings (SSSR count). The van der Waals surface area contributed by atoms with Crippen molar-refractivity contribution >= 4 is 35.0 Å². The van der Waals surface area contributed by atoms with E-state index in [1.54, 1.807) is 0 Å². The van der Waals surface area contributed by atoms with Crippen molar-refractivity contribution in [3.05, 3.63) is 65.4 Å². The van der Waals surface area contributed by atoms with Crippen molar-refractivity contribution in [3.63, 3.8) is 0 Å². The maximum Gasteiger partial charge on any atom is 0.250 e. The summed E-state index contributed by atoms with van der Waals surface area (Å²) >= 11 is 0. The molecule has 9 nitrogen and oxygen atoms in total. The number of hydrazone groups is 1. The van der Waals surface area contributed by atoms with Gasteiger partial charge < -0.3 is 19.1 Å². The van der Waals surface area contributed by atoms with Crippen LogP contribution in [0.1, 0.15) is 42.4 Å². The fourth-order valence-corrected chi connectivity index (χ4v) is 5.52. The molecule has 0 unspecified atom stereocenters. The summed E-state index contributed by atoms with van der Waals surface area (Å²) in [4.78, 5) is 18.7. The summed E-state index contributed by atoms with van der Waals surface area (Å²) in [6.07, 6.45) is 8.66. The fourth-order valence-electron chi connectivity index (χ4n) is 5.52. The van der Waals surface area contributed by atoms with Gasteiger partial charge >= 0.3 is 0 Å². The molecule has 2 aromatic carbocycles. The van der Waals surface area contributed by atoms with Crippen LogP contribution in [0.4, 0.5) is 17.8 Å². The van der Waals surface area contributed by atoms with Gasteiger partial charge in [0.05, 0.1) is 12.8 Å². The van der Waals surface area contributed by atoms with Crippen LogP contribution < -0.4 is 20.0 Å². The molecule has 2 aliphatic rings. The van der Waals surface area contributed by atoms with Gasteiger partial charge in [-0.15, -0.1) is 0 Å². The highest BCUT2D eigenvalue weighted by molar-refractivity contribution is 5.99. The summed E-state index contributed by atoms with van der Waals surface area (Å²) < 4.78 is 8.40. The molecule has 1 N–H and O–H groups in total. The molecule has 202 valence electrons. The van der Waals surface area contributed by atoms with E-state index in [-0.39, 0.29) is 0 Å². The van der Waals surface area contributed by atoms with Crippen LogP contribution in [0.2, 0.25) is 0 Å². The summed E-state index contributed by atoms with van der Waals surface area (Å²) in [6, 6.07) is 14.6. The number of aryl methyl sites for hydroxylation is 2. The topological polar surface area (TPSA) is 83.7 Å². The van der Waals surface area contributed by atoms with Gasteiger partial charge in [-0.2, -0.15) is 20.1 Å². The Morgan fingerprint density at radius 1 is 0.846 bits per heavy atom. The number of aromatic nitrogens is 4. The van der Waals surface area contributed by atoms with Crippen LogP contribution in [0.15, 0.2) is 53.8 Å². The Morgan fingerprint density at radius 3 is 2.15 bits per heavy atom. The number of para-hydroxylation sites is 2. The molecular formula is C30H36N8O. The van der Waals surface area contributed by atoms with Crippen molar-refractivity contribution < 1.29 is 4.74 Å². The molecule has 0 bridgehead atoms. The quantitative estimate of drug-likeness (QED) is 0.239. The normalized spacial score (nSPS) is 15.6. The first-order chi connectivity index (χ1) is 19.2. The van der Waals surface area contributed by atoms with E-state index in [4.69, 9.17) is 19.7 Å². The van der Waals surface area contributed by atoms with Gasteiger partial charge in [-0.25, -0.2) is 5.43 Å². The SMILES string of the molecule is Cc1cccc(C)c1OCCn1cc(/C=N/Nc2nc(N3CCCC3)nc(N3CCCC3)n2)c2ccccc21. The van der Waals surface area contributed by atoms with Gasteiger partial charge in [-0.05, 0) is 56.7 Å². The van der Waals surface area contributed by atoms with Crippen LogP contribution in [0.25, 0.3) is 10.9 Å². The van der Waals surface area contributed by atoms with Crippen molar-refractivity contribution in [1.29, 1.82) is 0 Å². The zero-order valence-electron chi connectivity index (χ0n) is 22.8. The molecule has 4 heterocycles. The summed E-state index contributed by atoms with van der Waals surface area (Å²) in [7, 11) is 0. The van der Waals surface area contributed by atoms with E-state index in [9.17, 15) is 0 Å². The zero-order chi connectivity index (χ0) is 26.6. The molecule has 2 aromatic heterocycles. The average molecular weight is 525 g/mol. The third-order valence-electron chi connectivity index (χ3n) is 7.56. The second-order valence-corrected chi connectivity index (χ2v) is 10.4. The highest BCUT2D eigenvalue weighted by Gasteiger charge is 2.21. The molecule has 0 saturated carbocycles. The Balaban J connectivity index is 1.19. The van der Waals surface area contributed by atoms with Crippen LogP contribution in [-0.2, 0) is 6.54 Å². The van der Waals surface area contributed by atoms with Crippen molar-refractivity contribution in [3.8, 4) is 5.75 Å². The van der Waals surface area contributed by atoms with Gasteiger partial charge in [0.25, 0.3) is 0 Å². The molecule has 0 aliphatic carbocycles. The fraction of sp³-hybridized carbons (Fsp3) is 0.400. The first-order valence-corrected chi connectivity index (χ1v) is 14.0. The van der Waals surface area contributed by atoms with E-state index < -0.39 is 0 Å². The van der Waals surface area contributed by atoms with E-state index in [1.165, 1.54) is 25.7 Å². The number of fused-ring (bicyclic) bond motifs is 1. The van der Waals surface area contributed by atoms with E-state index in [2.05, 4.69) is 87.4 Å². The largest absolute Gasteiger partial charge is 0.491 e. The maximum atomic E-state index is 6.18. The smallest absolute Gasteiger partial charge is 0.250 e. The van der Waals surface area contributed by atoms with E-state index in [0.717, 1.165) is 78.0 Å². The van der Waals surface area contributed by atoms with Crippen molar-refractivity contribution in [2.75, 3.05) is 48.0 Å². The minimum Gasteiger partial charge on any atom is -0.491 e. The lowest BCUT2D eigenvalue weighted by Crippen LogP contribution is -2.25. The van der Waals surface area contributed by atoms with E-state index >= 15 is 0 Å². The molecule has 4 aromatic rings. The van der Waals surface area contributed by atoms with Crippen LogP contribution >= 0.6 is 0 Å².